The fourth-order valence-electron chi connectivity index (χ4n) is 2.29. The van der Waals surface area contributed by atoms with Gasteiger partial charge in [-0.05, 0) is 12.8 Å². The molecule has 1 fully saturated rings. The highest BCUT2D eigenvalue weighted by Gasteiger charge is 2.40. The SMILES string of the molecule is CCCCC(=O)OC[C@H]1O[C@H](O)C[C@@H](OC(=O)CCCC)[C@@H]1O. The van der Waals surface area contributed by atoms with Crippen molar-refractivity contribution in [3.8, 4) is 0 Å². The summed E-state index contributed by atoms with van der Waals surface area (Å²) in [5.74, 6) is -0.789. The van der Waals surface area contributed by atoms with Gasteiger partial charge >= 0.3 is 11.9 Å². The Labute approximate surface area is 136 Å². The highest BCUT2D eigenvalue weighted by atomic mass is 16.6. The smallest absolute Gasteiger partial charge is 0.306 e. The van der Waals surface area contributed by atoms with Crippen LogP contribution in [0.25, 0.3) is 0 Å². The second-order valence-corrected chi connectivity index (χ2v) is 5.77. The van der Waals surface area contributed by atoms with Crippen molar-refractivity contribution < 1.29 is 34.0 Å². The second kappa shape index (κ2) is 10.6. The van der Waals surface area contributed by atoms with Gasteiger partial charge in [0.1, 0.15) is 24.9 Å². The van der Waals surface area contributed by atoms with E-state index in [0.717, 1.165) is 19.3 Å². The molecule has 0 spiro atoms. The topological polar surface area (TPSA) is 102 Å². The molecule has 134 valence electrons. The summed E-state index contributed by atoms with van der Waals surface area (Å²) >= 11 is 0. The maximum atomic E-state index is 11.7. The summed E-state index contributed by atoms with van der Waals surface area (Å²) in [5, 5.41) is 19.9. The van der Waals surface area contributed by atoms with E-state index in [1.807, 2.05) is 13.8 Å². The first kappa shape index (κ1) is 19.9. The Bertz CT molecular complexity index is 371. The number of aliphatic hydroxyl groups is 2. The van der Waals surface area contributed by atoms with Crippen LogP contribution < -0.4 is 0 Å². The van der Waals surface area contributed by atoms with Crippen molar-refractivity contribution in [3.05, 3.63) is 0 Å². The van der Waals surface area contributed by atoms with Crippen LogP contribution in [-0.2, 0) is 23.8 Å². The Morgan fingerprint density at radius 2 is 1.70 bits per heavy atom. The minimum absolute atomic E-state index is 0.000682. The van der Waals surface area contributed by atoms with Gasteiger partial charge in [-0.15, -0.1) is 0 Å². The molecule has 0 aromatic heterocycles. The van der Waals surface area contributed by atoms with E-state index in [2.05, 4.69) is 0 Å². The summed E-state index contributed by atoms with van der Waals surface area (Å²) < 4.78 is 15.4. The molecule has 0 unspecified atom stereocenters. The number of esters is 2. The summed E-state index contributed by atoms with van der Waals surface area (Å²) in [7, 11) is 0. The molecule has 0 aliphatic carbocycles. The standard InChI is InChI=1S/C16H28O7/c1-3-5-7-13(17)21-10-12-16(20)11(9-15(19)23-12)22-14(18)8-6-4-2/h11-12,15-16,19-20H,3-10H2,1-2H3/t11-,12-,15+,16+/m1/s1. The quantitative estimate of drug-likeness (QED) is 0.613. The van der Waals surface area contributed by atoms with Crippen LogP contribution in [-0.4, -0.2) is 53.4 Å². The molecule has 1 aliphatic heterocycles. The molecule has 7 nitrogen and oxygen atoms in total. The lowest BCUT2D eigenvalue weighted by atomic mass is 10.0. The van der Waals surface area contributed by atoms with Gasteiger partial charge in [0.25, 0.3) is 0 Å². The highest BCUT2D eigenvalue weighted by Crippen LogP contribution is 2.23. The number of hydrogen-bond donors (Lipinski definition) is 2. The van der Waals surface area contributed by atoms with E-state index >= 15 is 0 Å². The van der Waals surface area contributed by atoms with Crippen molar-refractivity contribution in [3.63, 3.8) is 0 Å². The van der Waals surface area contributed by atoms with Gasteiger partial charge in [0, 0.05) is 19.3 Å². The predicted molar refractivity (Wildman–Crippen MR) is 81.4 cm³/mol. The van der Waals surface area contributed by atoms with Crippen LogP contribution in [0.2, 0.25) is 0 Å². The van der Waals surface area contributed by atoms with Crippen LogP contribution in [0, 0.1) is 0 Å². The molecule has 0 aromatic rings. The first-order valence-electron chi connectivity index (χ1n) is 8.34. The van der Waals surface area contributed by atoms with Crippen molar-refractivity contribution in [1.82, 2.24) is 0 Å². The third-order valence-corrected chi connectivity index (χ3v) is 3.69. The van der Waals surface area contributed by atoms with E-state index in [9.17, 15) is 19.8 Å². The van der Waals surface area contributed by atoms with Crippen LogP contribution in [0.15, 0.2) is 0 Å². The first-order valence-corrected chi connectivity index (χ1v) is 8.34. The number of aliphatic hydroxyl groups excluding tert-OH is 2. The van der Waals surface area contributed by atoms with Gasteiger partial charge in [-0.2, -0.15) is 0 Å². The van der Waals surface area contributed by atoms with Gasteiger partial charge in [0.2, 0.25) is 0 Å². The summed E-state index contributed by atoms with van der Waals surface area (Å²) in [5.41, 5.74) is 0. The molecular formula is C16H28O7. The lowest BCUT2D eigenvalue weighted by Crippen LogP contribution is -2.52. The van der Waals surface area contributed by atoms with Crippen molar-refractivity contribution in [2.24, 2.45) is 0 Å². The molecule has 2 N–H and O–H groups in total. The fourth-order valence-corrected chi connectivity index (χ4v) is 2.29. The van der Waals surface area contributed by atoms with Crippen molar-refractivity contribution in [2.45, 2.75) is 83.4 Å². The Morgan fingerprint density at radius 1 is 1.09 bits per heavy atom. The van der Waals surface area contributed by atoms with Gasteiger partial charge in [0.05, 0.1) is 0 Å². The lowest BCUT2D eigenvalue weighted by Gasteiger charge is -2.36. The normalized spacial score (nSPS) is 27.5. The van der Waals surface area contributed by atoms with Crippen LogP contribution in [0.4, 0.5) is 0 Å². The minimum Gasteiger partial charge on any atom is -0.463 e. The van der Waals surface area contributed by atoms with E-state index in [4.69, 9.17) is 14.2 Å². The first-order chi connectivity index (χ1) is 11.0. The number of carbonyl (C=O) groups excluding carboxylic acids is 2. The maximum absolute atomic E-state index is 11.7. The Kier molecular flexibility index (Phi) is 9.13. The fraction of sp³-hybridized carbons (Fsp3) is 0.875. The zero-order valence-electron chi connectivity index (χ0n) is 13.9. The van der Waals surface area contributed by atoms with Crippen LogP contribution in [0.3, 0.4) is 0 Å². The number of unbranched alkanes of at least 4 members (excludes halogenated alkanes) is 2. The predicted octanol–water partition coefficient (Wildman–Crippen LogP) is 1.29. The Morgan fingerprint density at radius 3 is 2.30 bits per heavy atom. The van der Waals surface area contributed by atoms with E-state index in [1.54, 1.807) is 0 Å². The monoisotopic (exact) mass is 332 g/mol. The Hall–Kier alpha value is -1.18. The summed E-state index contributed by atoms with van der Waals surface area (Å²) in [6.07, 6.45) is -0.312. The molecular weight excluding hydrogens is 304 g/mol. The molecule has 0 radical (unpaired) electrons. The molecule has 1 heterocycles. The van der Waals surface area contributed by atoms with Crippen LogP contribution in [0.5, 0.6) is 0 Å². The molecule has 1 saturated heterocycles. The average molecular weight is 332 g/mol. The molecule has 0 amide bonds. The molecule has 0 saturated carbocycles. The highest BCUT2D eigenvalue weighted by molar-refractivity contribution is 5.69. The summed E-state index contributed by atoms with van der Waals surface area (Å²) in [4.78, 5) is 23.2. The van der Waals surface area contributed by atoms with Crippen molar-refractivity contribution >= 4 is 11.9 Å². The summed E-state index contributed by atoms with van der Waals surface area (Å²) in [6, 6.07) is 0. The molecule has 1 rings (SSSR count). The third kappa shape index (κ3) is 7.28. The second-order valence-electron chi connectivity index (χ2n) is 5.77. The van der Waals surface area contributed by atoms with Gasteiger partial charge in [-0.3, -0.25) is 9.59 Å². The largest absolute Gasteiger partial charge is 0.463 e. The van der Waals surface area contributed by atoms with E-state index in [0.29, 0.717) is 12.8 Å². The molecule has 4 atom stereocenters. The minimum atomic E-state index is -1.17. The van der Waals surface area contributed by atoms with Crippen molar-refractivity contribution in [2.75, 3.05) is 6.61 Å². The van der Waals surface area contributed by atoms with E-state index in [-0.39, 0.29) is 25.4 Å². The third-order valence-electron chi connectivity index (χ3n) is 3.69. The van der Waals surface area contributed by atoms with Gasteiger partial charge in [-0.25, -0.2) is 0 Å². The Balaban J connectivity index is 2.47. The van der Waals surface area contributed by atoms with Crippen molar-refractivity contribution in [1.29, 1.82) is 0 Å². The van der Waals surface area contributed by atoms with Gasteiger partial charge in [-0.1, -0.05) is 26.7 Å². The van der Waals surface area contributed by atoms with E-state index < -0.39 is 30.6 Å². The number of rotatable bonds is 9. The zero-order valence-corrected chi connectivity index (χ0v) is 13.9. The molecule has 1 aliphatic rings. The van der Waals surface area contributed by atoms with Crippen LogP contribution in [0.1, 0.15) is 58.8 Å². The average Bonchev–Trinajstić information content (AvgIpc) is 2.52. The molecule has 23 heavy (non-hydrogen) atoms. The number of carbonyl (C=O) groups is 2. The zero-order chi connectivity index (χ0) is 17.2. The molecule has 0 aromatic carbocycles. The molecule has 0 bridgehead atoms. The van der Waals surface area contributed by atoms with Gasteiger partial charge < -0.3 is 24.4 Å². The van der Waals surface area contributed by atoms with Gasteiger partial charge in [0.15, 0.2) is 6.29 Å². The maximum Gasteiger partial charge on any atom is 0.306 e. The lowest BCUT2D eigenvalue weighted by molar-refractivity contribution is -0.247. The number of ether oxygens (including phenoxy) is 3. The van der Waals surface area contributed by atoms with Crippen LogP contribution >= 0.6 is 0 Å². The number of hydrogen-bond acceptors (Lipinski definition) is 7. The molecule has 7 heteroatoms. The van der Waals surface area contributed by atoms with E-state index in [1.165, 1.54) is 0 Å². The summed E-state index contributed by atoms with van der Waals surface area (Å²) in [6.45, 7) is 3.75.